The van der Waals surface area contributed by atoms with Crippen LogP contribution in [-0.2, 0) is 4.79 Å². The molecule has 0 aliphatic carbocycles. The number of rotatable bonds is 10. The Balaban J connectivity index is 0.00000145. The maximum Gasteiger partial charge on any atom is 0.325 e. The number of hydrogen-bond donors (Lipinski definition) is 4. The van der Waals surface area contributed by atoms with Crippen LogP contribution in [-0.4, -0.2) is 95.8 Å². The largest absolute Gasteiger partial charge is 0.493 e. The Morgan fingerprint density at radius 2 is 1.77 bits per heavy atom. The van der Waals surface area contributed by atoms with E-state index < -0.39 is 23.4 Å². The first-order valence-electron chi connectivity index (χ1n) is 14.9. The average Bonchev–Trinajstić information content (AvgIpc) is 3.47. The van der Waals surface area contributed by atoms with Crippen LogP contribution in [0.5, 0.6) is 11.5 Å². The molecule has 1 aliphatic rings. The number of likely N-dealkylation sites (N-methyl/N-ethyl adjacent to an activating group) is 1. The molecule has 3 heterocycles. The van der Waals surface area contributed by atoms with Crippen LogP contribution in [0.25, 0.3) is 21.1 Å². The van der Waals surface area contributed by atoms with Gasteiger partial charge in [0.15, 0.2) is 16.6 Å². The molecule has 13 nitrogen and oxygen atoms in total. The van der Waals surface area contributed by atoms with Gasteiger partial charge in [0.05, 0.1) is 29.5 Å². The van der Waals surface area contributed by atoms with E-state index in [9.17, 15) is 13.6 Å². The Morgan fingerprint density at radius 1 is 1.02 bits per heavy atom. The number of ether oxygens (including phenoxy) is 2. The third kappa shape index (κ3) is 8.58. The molecule has 0 atom stereocenters. The highest BCUT2D eigenvalue weighted by molar-refractivity contribution is 7.22. The predicted octanol–water partition coefficient (Wildman–Crippen LogP) is 5.63. The molecule has 0 radical (unpaired) electrons. The molecular formula is C32H34F2N8O5S. The number of hydrogen-bond acceptors (Lipinski definition) is 11. The summed E-state index contributed by atoms with van der Waals surface area (Å²) in [7, 11) is 3.75. The van der Waals surface area contributed by atoms with E-state index in [-0.39, 0.29) is 11.6 Å². The fourth-order valence-corrected chi connectivity index (χ4v) is 5.93. The van der Waals surface area contributed by atoms with E-state index in [0.717, 1.165) is 67.1 Å². The minimum atomic E-state index is -0.875. The second kappa shape index (κ2) is 16.1. The van der Waals surface area contributed by atoms with Crippen LogP contribution < -0.4 is 25.4 Å². The second-order valence-corrected chi connectivity index (χ2v) is 11.7. The van der Waals surface area contributed by atoms with Gasteiger partial charge in [-0.3, -0.25) is 10.1 Å². The molecule has 4 N–H and O–H groups in total. The maximum absolute atomic E-state index is 13.9. The Kier molecular flexibility index (Phi) is 11.4. The zero-order chi connectivity index (χ0) is 34.0. The average molecular weight is 681 g/mol. The zero-order valence-electron chi connectivity index (χ0n) is 26.2. The number of carbonyl (C=O) groups is 2. The molecule has 3 aromatic carbocycles. The Morgan fingerprint density at radius 3 is 2.50 bits per heavy atom. The number of para-hydroxylation sites is 1. The first-order chi connectivity index (χ1) is 23.3. The van der Waals surface area contributed by atoms with E-state index in [4.69, 9.17) is 19.4 Å². The summed E-state index contributed by atoms with van der Waals surface area (Å²) in [6.07, 6.45) is 2.39. The normalized spacial score (nSPS) is 13.4. The van der Waals surface area contributed by atoms with Gasteiger partial charge in [-0.15, -0.1) is 0 Å². The van der Waals surface area contributed by atoms with E-state index in [0.29, 0.717) is 35.0 Å². The first kappa shape index (κ1) is 34.2. The number of methoxy groups -OCH3 is 1. The van der Waals surface area contributed by atoms with Gasteiger partial charge in [-0.25, -0.2) is 28.5 Å². The quantitative estimate of drug-likeness (QED) is 0.107. The van der Waals surface area contributed by atoms with Gasteiger partial charge in [0, 0.05) is 49.9 Å². The van der Waals surface area contributed by atoms with Crippen molar-refractivity contribution >= 4 is 67.3 Å². The molecule has 48 heavy (non-hydrogen) atoms. The van der Waals surface area contributed by atoms with Crippen LogP contribution in [0.3, 0.4) is 0 Å². The zero-order valence-corrected chi connectivity index (χ0v) is 27.0. The van der Waals surface area contributed by atoms with E-state index in [1.54, 1.807) is 13.2 Å². The van der Waals surface area contributed by atoms with Crippen LogP contribution in [0.4, 0.5) is 35.9 Å². The van der Waals surface area contributed by atoms with Crippen molar-refractivity contribution < 1.29 is 33.0 Å². The topological polar surface area (TPSA) is 154 Å². The minimum absolute atomic E-state index is 0.250. The highest BCUT2D eigenvalue weighted by atomic mass is 32.1. The summed E-state index contributed by atoms with van der Waals surface area (Å²) in [5.41, 5.74) is 1.54. The molecule has 0 bridgehead atoms. The summed E-state index contributed by atoms with van der Waals surface area (Å²) in [6, 6.07) is 11.8. The van der Waals surface area contributed by atoms with Gasteiger partial charge in [-0.1, -0.05) is 17.4 Å². The number of thiazole rings is 1. The molecule has 6 rings (SSSR count). The monoisotopic (exact) mass is 680 g/mol. The molecular weight excluding hydrogens is 646 g/mol. The van der Waals surface area contributed by atoms with Crippen LogP contribution >= 0.6 is 11.3 Å². The molecule has 2 aromatic heterocycles. The van der Waals surface area contributed by atoms with Gasteiger partial charge in [0.25, 0.3) is 6.47 Å². The second-order valence-electron chi connectivity index (χ2n) is 10.7. The van der Waals surface area contributed by atoms with Crippen molar-refractivity contribution in [3.8, 4) is 11.5 Å². The number of aromatic nitrogens is 3. The smallest absolute Gasteiger partial charge is 0.325 e. The lowest BCUT2D eigenvalue weighted by Crippen LogP contribution is -2.44. The fourth-order valence-electron chi connectivity index (χ4n) is 5.03. The molecule has 16 heteroatoms. The van der Waals surface area contributed by atoms with E-state index >= 15 is 0 Å². The van der Waals surface area contributed by atoms with Crippen molar-refractivity contribution in [1.29, 1.82) is 0 Å². The van der Waals surface area contributed by atoms with E-state index in [1.807, 2.05) is 24.3 Å². The highest BCUT2D eigenvalue weighted by Crippen LogP contribution is 2.36. The number of piperazine rings is 1. The van der Waals surface area contributed by atoms with Crippen LogP contribution in [0.1, 0.15) is 6.42 Å². The third-order valence-electron chi connectivity index (χ3n) is 7.47. The SMILES string of the molecule is COc1cc2c(Nc3ccc4nc(NC(=O)Nc5c(F)cccc5F)sc4c3)ncnc2cc1OCCCN1CCN(C)CC1.O=CO. The van der Waals surface area contributed by atoms with Crippen LogP contribution in [0.15, 0.2) is 54.9 Å². The maximum atomic E-state index is 13.9. The lowest BCUT2D eigenvalue weighted by molar-refractivity contribution is -0.122. The van der Waals surface area contributed by atoms with Gasteiger partial charge in [-0.2, -0.15) is 0 Å². The number of benzene rings is 3. The predicted molar refractivity (Wildman–Crippen MR) is 181 cm³/mol. The molecule has 0 saturated carbocycles. The van der Waals surface area contributed by atoms with E-state index in [1.165, 1.54) is 23.7 Å². The summed E-state index contributed by atoms with van der Waals surface area (Å²) in [5, 5.41) is 16.0. The number of urea groups is 1. The summed E-state index contributed by atoms with van der Waals surface area (Å²) >= 11 is 1.21. The Hall–Kier alpha value is -5.19. The number of fused-ring (bicyclic) bond motifs is 2. The van der Waals surface area contributed by atoms with Crippen molar-refractivity contribution in [3.05, 3.63) is 66.5 Å². The van der Waals surface area contributed by atoms with Crippen molar-refractivity contribution in [3.63, 3.8) is 0 Å². The number of carbonyl (C=O) groups excluding carboxylic acids is 1. The number of halogens is 2. The number of anilines is 4. The lowest BCUT2D eigenvalue weighted by Gasteiger charge is -2.32. The van der Waals surface area contributed by atoms with Crippen molar-refractivity contribution in [2.24, 2.45) is 0 Å². The molecule has 5 aromatic rings. The van der Waals surface area contributed by atoms with E-state index in [2.05, 4.69) is 47.7 Å². The van der Waals surface area contributed by atoms with Crippen molar-refractivity contribution in [2.45, 2.75) is 6.42 Å². The van der Waals surface area contributed by atoms with Crippen LogP contribution in [0.2, 0.25) is 0 Å². The summed E-state index contributed by atoms with van der Waals surface area (Å²) in [5.74, 6) is 0.0393. The summed E-state index contributed by atoms with van der Waals surface area (Å²) in [6.45, 7) is 5.64. The van der Waals surface area contributed by atoms with Crippen LogP contribution in [0, 0.1) is 11.6 Å². The lowest BCUT2D eigenvalue weighted by atomic mass is 10.2. The molecule has 2 amide bonds. The molecule has 1 fully saturated rings. The van der Waals surface area contributed by atoms with Gasteiger partial charge in [0.1, 0.15) is 29.5 Å². The molecule has 1 saturated heterocycles. The molecule has 252 valence electrons. The molecule has 0 spiro atoms. The number of nitrogens with one attached hydrogen (secondary N) is 3. The van der Waals surface area contributed by atoms with Gasteiger partial charge < -0.3 is 35.0 Å². The third-order valence-corrected chi connectivity index (χ3v) is 8.40. The Bertz CT molecular complexity index is 1870. The standard InChI is InChI=1S/C31H32F2N8O3S.CH2O2/c1-40-10-12-41(13-11-40)9-4-14-44-26-17-24-20(16-25(26)43-2)29(35-18-34-24)36-19-7-8-23-27(15-19)45-31(37-23)39-30(42)38-28-21(32)5-3-6-22(28)33;2-1-3/h3,5-8,15-18H,4,9-14H2,1-2H3,(H,34,35,36)(H2,37,38,39,42);1H,(H,2,3). The molecule has 0 unspecified atom stereocenters. The molecule has 1 aliphatic heterocycles. The Labute approximate surface area is 278 Å². The first-order valence-corrected chi connectivity index (χ1v) is 15.7. The highest BCUT2D eigenvalue weighted by Gasteiger charge is 2.16. The summed E-state index contributed by atoms with van der Waals surface area (Å²) in [4.78, 5) is 38.8. The number of amides is 2. The summed E-state index contributed by atoms with van der Waals surface area (Å²) < 4.78 is 40.3. The van der Waals surface area contributed by atoms with Gasteiger partial charge in [0.2, 0.25) is 0 Å². The van der Waals surface area contributed by atoms with Crippen molar-refractivity contribution in [1.82, 2.24) is 24.8 Å². The van der Waals surface area contributed by atoms with Crippen molar-refractivity contribution in [2.75, 3.05) is 69.4 Å². The van der Waals surface area contributed by atoms with Gasteiger partial charge in [-0.05, 0) is 49.9 Å². The number of nitrogens with zero attached hydrogens (tertiary/aromatic N) is 5. The number of carboxylic acid groups (broad SMARTS) is 1. The fraction of sp³-hybridized carbons (Fsp3) is 0.281. The minimum Gasteiger partial charge on any atom is -0.493 e. The van der Waals surface area contributed by atoms with Gasteiger partial charge >= 0.3 is 6.03 Å².